The van der Waals surface area contributed by atoms with Gasteiger partial charge >= 0.3 is 12.1 Å². The first-order valence-electron chi connectivity index (χ1n) is 9.04. The van der Waals surface area contributed by atoms with E-state index in [0.29, 0.717) is 31.2 Å². The lowest BCUT2D eigenvalue weighted by molar-refractivity contribution is 0.0710. The number of aliphatic hydroxyl groups is 1. The molecule has 0 saturated carbocycles. The largest absolute Gasteiger partial charge is 0.465 e. The molecule has 2 heterocycles. The van der Waals surface area contributed by atoms with E-state index in [4.69, 9.17) is 16.0 Å². The van der Waals surface area contributed by atoms with Gasteiger partial charge in [-0.1, -0.05) is 16.7 Å². The van der Waals surface area contributed by atoms with Gasteiger partial charge in [0.15, 0.2) is 0 Å². The molecule has 1 amide bonds. The lowest BCUT2D eigenvalue weighted by atomic mass is 10.0. The number of carboxylic acid groups (broad SMARTS) is 1. The molecule has 1 aliphatic rings. The number of amides is 1. The summed E-state index contributed by atoms with van der Waals surface area (Å²) < 4.78 is 5.38. The minimum absolute atomic E-state index is 0.0689. The van der Waals surface area contributed by atoms with Crippen LogP contribution in [0.2, 0.25) is 5.02 Å². The van der Waals surface area contributed by atoms with Crippen molar-refractivity contribution >= 4 is 29.4 Å². The van der Waals surface area contributed by atoms with Gasteiger partial charge in [0.1, 0.15) is 6.10 Å². The van der Waals surface area contributed by atoms with Crippen molar-refractivity contribution in [1.82, 2.24) is 20.0 Å². The van der Waals surface area contributed by atoms with Crippen LogP contribution in [0.4, 0.5) is 16.5 Å². The second-order valence-electron chi connectivity index (χ2n) is 7.04. The summed E-state index contributed by atoms with van der Waals surface area (Å²) in [7, 11) is 0. The van der Waals surface area contributed by atoms with Crippen LogP contribution in [0.15, 0.2) is 16.5 Å². The molecular formula is C18H24ClN5O4. The Bertz CT molecular complexity index is 856. The second kappa shape index (κ2) is 8.34. The van der Waals surface area contributed by atoms with Crippen molar-refractivity contribution in [2.24, 2.45) is 0 Å². The van der Waals surface area contributed by atoms with Crippen molar-refractivity contribution in [2.45, 2.75) is 39.5 Å². The standard InChI is InChI=1S/C18H24ClN5O4/c1-10-8-23(4-5-24(10)18(26)27)9-13-6-14(19)7-15(11(13)2)20-17-22-21-16(28-17)12(3)25/h6-7,10,12,25H,4-5,8-9H2,1-3H3,(H,20,22)(H,26,27)/t10-,12?/m0/s1. The molecule has 0 aliphatic carbocycles. The molecule has 3 N–H and O–H groups in total. The van der Waals surface area contributed by atoms with Gasteiger partial charge in [-0.3, -0.25) is 4.90 Å². The van der Waals surface area contributed by atoms with Crippen LogP contribution in [-0.2, 0) is 6.54 Å². The van der Waals surface area contributed by atoms with Crippen molar-refractivity contribution in [2.75, 3.05) is 25.0 Å². The van der Waals surface area contributed by atoms with Gasteiger partial charge in [-0.15, -0.1) is 5.10 Å². The summed E-state index contributed by atoms with van der Waals surface area (Å²) in [6, 6.07) is 3.79. The van der Waals surface area contributed by atoms with Crippen LogP contribution in [0.5, 0.6) is 0 Å². The van der Waals surface area contributed by atoms with Gasteiger partial charge in [0, 0.05) is 42.9 Å². The van der Waals surface area contributed by atoms with E-state index in [1.54, 1.807) is 13.0 Å². The Morgan fingerprint density at radius 2 is 2.18 bits per heavy atom. The number of rotatable bonds is 5. The Hall–Kier alpha value is -2.36. The first-order chi connectivity index (χ1) is 13.2. The number of benzene rings is 1. The molecular weight excluding hydrogens is 386 g/mol. The predicted octanol–water partition coefficient (Wildman–Crippen LogP) is 3.01. The van der Waals surface area contributed by atoms with Crippen LogP contribution in [0.3, 0.4) is 0 Å². The third-order valence-corrected chi connectivity index (χ3v) is 5.09. The summed E-state index contributed by atoms with van der Waals surface area (Å²) in [5.74, 6) is 0.132. The van der Waals surface area contributed by atoms with E-state index < -0.39 is 12.2 Å². The van der Waals surface area contributed by atoms with E-state index in [9.17, 15) is 15.0 Å². The average Bonchev–Trinajstić information content (AvgIpc) is 3.07. The van der Waals surface area contributed by atoms with Crippen molar-refractivity contribution in [3.05, 3.63) is 34.2 Å². The lowest BCUT2D eigenvalue weighted by Gasteiger charge is -2.38. The first-order valence-corrected chi connectivity index (χ1v) is 9.41. The van der Waals surface area contributed by atoms with Gasteiger partial charge in [-0.2, -0.15) is 0 Å². The molecule has 9 nitrogen and oxygen atoms in total. The van der Waals surface area contributed by atoms with Crippen molar-refractivity contribution < 1.29 is 19.4 Å². The number of piperazine rings is 1. The highest BCUT2D eigenvalue weighted by molar-refractivity contribution is 6.31. The monoisotopic (exact) mass is 409 g/mol. The summed E-state index contributed by atoms with van der Waals surface area (Å²) in [6.45, 7) is 7.87. The molecule has 3 rings (SSSR count). The van der Waals surface area contributed by atoms with Crippen LogP contribution >= 0.6 is 11.6 Å². The predicted molar refractivity (Wildman–Crippen MR) is 104 cm³/mol. The fourth-order valence-electron chi connectivity index (χ4n) is 3.30. The van der Waals surface area contributed by atoms with E-state index >= 15 is 0 Å². The van der Waals surface area contributed by atoms with Gasteiger partial charge in [-0.25, -0.2) is 4.79 Å². The molecule has 1 aromatic heterocycles. The number of nitrogens with zero attached hydrogens (tertiary/aromatic N) is 4. The molecule has 1 aromatic carbocycles. The Morgan fingerprint density at radius 3 is 2.79 bits per heavy atom. The summed E-state index contributed by atoms with van der Waals surface area (Å²) >= 11 is 6.30. The summed E-state index contributed by atoms with van der Waals surface area (Å²) in [5.41, 5.74) is 2.75. The third-order valence-electron chi connectivity index (χ3n) is 4.87. The van der Waals surface area contributed by atoms with Gasteiger partial charge in [-0.05, 0) is 44.0 Å². The molecule has 2 aromatic rings. The van der Waals surface area contributed by atoms with E-state index in [-0.39, 0.29) is 17.9 Å². The molecule has 1 unspecified atom stereocenters. The number of nitrogens with one attached hydrogen (secondary N) is 1. The number of carbonyl (C=O) groups is 1. The number of hydrogen-bond acceptors (Lipinski definition) is 7. The second-order valence-corrected chi connectivity index (χ2v) is 7.48. The Labute approximate surface area is 167 Å². The van der Waals surface area contributed by atoms with Crippen LogP contribution in [-0.4, -0.2) is 62.0 Å². The van der Waals surface area contributed by atoms with E-state index in [2.05, 4.69) is 20.4 Å². The number of aromatic nitrogens is 2. The van der Waals surface area contributed by atoms with Crippen LogP contribution in [0.25, 0.3) is 0 Å². The molecule has 152 valence electrons. The molecule has 2 atom stereocenters. The summed E-state index contributed by atoms with van der Waals surface area (Å²) in [6.07, 6.45) is -1.72. The zero-order chi connectivity index (χ0) is 20.4. The van der Waals surface area contributed by atoms with E-state index in [1.807, 2.05) is 19.9 Å². The van der Waals surface area contributed by atoms with Crippen molar-refractivity contribution in [1.29, 1.82) is 0 Å². The highest BCUT2D eigenvalue weighted by Crippen LogP contribution is 2.29. The lowest BCUT2D eigenvalue weighted by Crippen LogP contribution is -2.53. The molecule has 0 radical (unpaired) electrons. The van der Waals surface area contributed by atoms with Gasteiger partial charge < -0.3 is 24.8 Å². The fraction of sp³-hybridized carbons (Fsp3) is 0.500. The quantitative estimate of drug-likeness (QED) is 0.690. The molecule has 1 saturated heterocycles. The third kappa shape index (κ3) is 4.54. The SMILES string of the molecule is Cc1c(CN2CCN(C(=O)O)[C@@H](C)C2)cc(Cl)cc1Nc1nnc(C(C)O)o1. The number of halogens is 1. The number of anilines is 2. The van der Waals surface area contributed by atoms with Crippen molar-refractivity contribution in [3.63, 3.8) is 0 Å². The van der Waals surface area contributed by atoms with Gasteiger partial charge in [0.25, 0.3) is 0 Å². The van der Waals surface area contributed by atoms with Crippen LogP contribution < -0.4 is 5.32 Å². The summed E-state index contributed by atoms with van der Waals surface area (Å²) in [5, 5.41) is 30.0. The zero-order valence-corrected chi connectivity index (χ0v) is 16.8. The highest BCUT2D eigenvalue weighted by atomic mass is 35.5. The minimum Gasteiger partial charge on any atom is -0.465 e. The normalized spacial score (nSPS) is 18.9. The Balaban J connectivity index is 1.74. The van der Waals surface area contributed by atoms with Crippen molar-refractivity contribution in [3.8, 4) is 0 Å². The Kier molecular flexibility index (Phi) is 6.07. The number of hydrogen-bond donors (Lipinski definition) is 3. The van der Waals surface area contributed by atoms with Gasteiger partial charge in [0.2, 0.25) is 5.89 Å². The topological polar surface area (TPSA) is 115 Å². The zero-order valence-electron chi connectivity index (χ0n) is 16.0. The Morgan fingerprint density at radius 1 is 1.43 bits per heavy atom. The molecule has 10 heteroatoms. The molecule has 0 bridgehead atoms. The molecule has 1 fully saturated rings. The first kappa shape index (κ1) is 20.4. The maximum atomic E-state index is 11.2. The van der Waals surface area contributed by atoms with Gasteiger partial charge in [0.05, 0.1) is 0 Å². The highest BCUT2D eigenvalue weighted by Gasteiger charge is 2.27. The fourth-order valence-corrected chi connectivity index (χ4v) is 3.54. The minimum atomic E-state index is -0.881. The molecule has 0 spiro atoms. The summed E-state index contributed by atoms with van der Waals surface area (Å²) in [4.78, 5) is 14.9. The maximum absolute atomic E-state index is 11.2. The smallest absolute Gasteiger partial charge is 0.407 e. The van der Waals surface area contributed by atoms with Crippen LogP contribution in [0.1, 0.15) is 37.0 Å². The average molecular weight is 410 g/mol. The maximum Gasteiger partial charge on any atom is 0.407 e. The van der Waals surface area contributed by atoms with E-state index in [1.165, 1.54) is 4.90 Å². The van der Waals surface area contributed by atoms with E-state index in [0.717, 1.165) is 16.8 Å². The molecule has 1 aliphatic heterocycles. The molecule has 28 heavy (non-hydrogen) atoms. The van der Waals surface area contributed by atoms with Crippen LogP contribution in [0, 0.1) is 6.92 Å². The number of aliphatic hydroxyl groups excluding tert-OH is 1.